The second-order valence-electron chi connectivity index (χ2n) is 5.72. The van der Waals surface area contributed by atoms with E-state index in [0.717, 1.165) is 11.3 Å². The first-order valence-corrected chi connectivity index (χ1v) is 9.89. The molecule has 0 aliphatic heterocycles. The van der Waals surface area contributed by atoms with Gasteiger partial charge in [0.05, 0.1) is 11.1 Å². The number of nitrogens with zero attached hydrogens (tertiary/aromatic N) is 3. The van der Waals surface area contributed by atoms with Crippen LogP contribution in [0.3, 0.4) is 0 Å². The number of pyridine rings is 2. The minimum absolute atomic E-state index is 0.0464. The van der Waals surface area contributed by atoms with E-state index in [1.165, 1.54) is 6.92 Å². The molecule has 0 saturated carbocycles. The van der Waals surface area contributed by atoms with E-state index in [1.807, 2.05) is 0 Å². The highest BCUT2D eigenvalue weighted by atomic mass is 32.2. The summed E-state index contributed by atoms with van der Waals surface area (Å²) in [5, 5.41) is -0.137. The average molecular weight is 457 g/mol. The summed E-state index contributed by atoms with van der Waals surface area (Å²) in [6.45, 7) is 1.34. The van der Waals surface area contributed by atoms with Crippen LogP contribution in [0.15, 0.2) is 23.4 Å². The van der Waals surface area contributed by atoms with Crippen molar-refractivity contribution < 1.29 is 39.3 Å². The molecule has 1 N–H and O–H groups in total. The van der Waals surface area contributed by atoms with Crippen molar-refractivity contribution in [3.05, 3.63) is 35.2 Å². The van der Waals surface area contributed by atoms with Gasteiger partial charge in [-0.25, -0.2) is 9.97 Å². The van der Waals surface area contributed by atoms with E-state index < -0.39 is 44.1 Å². The molecule has 3 aromatic rings. The molecule has 29 heavy (non-hydrogen) atoms. The molecule has 0 fully saturated rings. The lowest BCUT2D eigenvalue weighted by Gasteiger charge is -2.15. The third kappa shape index (κ3) is 4.04. The number of hydrogen-bond acceptors (Lipinski definition) is 6. The van der Waals surface area contributed by atoms with Crippen LogP contribution in [0.25, 0.3) is 21.0 Å². The van der Waals surface area contributed by atoms with Crippen LogP contribution in [-0.4, -0.2) is 27.9 Å². The molecule has 3 heterocycles. The van der Waals surface area contributed by atoms with E-state index in [1.54, 1.807) is 0 Å². The van der Waals surface area contributed by atoms with Gasteiger partial charge in [0.25, 0.3) is 10.1 Å². The van der Waals surface area contributed by atoms with Gasteiger partial charge in [-0.3, -0.25) is 9.54 Å². The highest BCUT2D eigenvalue weighted by molar-refractivity contribution is 7.86. The molecule has 0 unspecified atom stereocenters. The fraction of sp³-hybridized carbons (Fsp3) is 0.267. The third-order valence-corrected chi connectivity index (χ3v) is 5.79. The van der Waals surface area contributed by atoms with Crippen molar-refractivity contribution in [3.63, 3.8) is 0 Å². The van der Waals surface area contributed by atoms with E-state index in [2.05, 4.69) is 15.0 Å². The van der Waals surface area contributed by atoms with Gasteiger partial charge in [0.2, 0.25) is 0 Å². The molecule has 0 amide bonds. The first-order chi connectivity index (χ1) is 13.2. The standard InChI is InChI=1S/C15H9F6N3O3S2/c1-2-7-10(22-5-8(15(19,20)21)11(7)29(25,26)27)13-24-9-3-6(14(16,17)18)4-23-12(9)28-13/h3-5H,2H2,1H3,(H,25,26,27). The van der Waals surface area contributed by atoms with Crippen LogP contribution in [0, 0.1) is 0 Å². The molecule has 0 saturated heterocycles. The van der Waals surface area contributed by atoms with E-state index in [9.17, 15) is 39.3 Å². The molecule has 3 rings (SSSR count). The highest BCUT2D eigenvalue weighted by Gasteiger charge is 2.40. The second-order valence-corrected chi connectivity index (χ2v) is 8.06. The summed E-state index contributed by atoms with van der Waals surface area (Å²) in [4.78, 5) is 9.87. The summed E-state index contributed by atoms with van der Waals surface area (Å²) in [7, 11) is -5.29. The molecule has 0 spiro atoms. The van der Waals surface area contributed by atoms with Crippen LogP contribution in [0.4, 0.5) is 26.3 Å². The van der Waals surface area contributed by atoms with Crippen molar-refractivity contribution in [2.45, 2.75) is 30.6 Å². The van der Waals surface area contributed by atoms with E-state index in [0.29, 0.717) is 12.3 Å². The summed E-state index contributed by atoms with van der Waals surface area (Å²) < 4.78 is 111. The van der Waals surface area contributed by atoms with Gasteiger partial charge in [0.1, 0.15) is 25.9 Å². The number of hydrogen-bond donors (Lipinski definition) is 1. The first kappa shape index (κ1) is 21.4. The molecule has 0 radical (unpaired) electrons. The Morgan fingerprint density at radius 2 is 1.72 bits per heavy atom. The minimum atomic E-state index is -5.29. The van der Waals surface area contributed by atoms with E-state index in [-0.39, 0.29) is 33.7 Å². The van der Waals surface area contributed by atoms with Crippen LogP contribution in [-0.2, 0) is 28.9 Å². The molecule has 0 atom stereocenters. The fourth-order valence-corrected chi connectivity index (χ4v) is 4.54. The normalized spacial score (nSPS) is 13.2. The van der Waals surface area contributed by atoms with Gasteiger partial charge in [0.15, 0.2) is 0 Å². The Kier molecular flexibility index (Phi) is 5.07. The van der Waals surface area contributed by atoms with Crippen molar-refractivity contribution in [2.75, 3.05) is 0 Å². The average Bonchev–Trinajstić information content (AvgIpc) is 3.00. The lowest BCUT2D eigenvalue weighted by atomic mass is 10.1. The molecule has 0 aliphatic rings. The van der Waals surface area contributed by atoms with Crippen LogP contribution >= 0.6 is 11.3 Å². The zero-order chi connectivity index (χ0) is 21.8. The van der Waals surface area contributed by atoms with E-state index >= 15 is 0 Å². The molecule has 156 valence electrons. The number of fused-ring (bicyclic) bond motifs is 1. The molecule has 6 nitrogen and oxygen atoms in total. The summed E-state index contributed by atoms with van der Waals surface area (Å²) >= 11 is 0.722. The Bertz CT molecular complexity index is 1200. The predicted molar refractivity (Wildman–Crippen MR) is 89.8 cm³/mol. The smallest absolute Gasteiger partial charge is 0.282 e. The summed E-state index contributed by atoms with van der Waals surface area (Å²) in [6.07, 6.45) is -9.26. The summed E-state index contributed by atoms with van der Waals surface area (Å²) in [5.74, 6) is 0. The largest absolute Gasteiger partial charge is 0.419 e. The quantitative estimate of drug-likeness (QED) is 0.457. The van der Waals surface area contributed by atoms with Crippen LogP contribution in [0.5, 0.6) is 0 Å². The molecule has 0 bridgehead atoms. The highest BCUT2D eigenvalue weighted by Crippen LogP contribution is 2.40. The van der Waals surface area contributed by atoms with Crippen molar-refractivity contribution in [2.24, 2.45) is 0 Å². The van der Waals surface area contributed by atoms with Crippen molar-refractivity contribution in [3.8, 4) is 10.7 Å². The summed E-state index contributed by atoms with van der Waals surface area (Å²) in [5.41, 5.74) is -3.67. The Morgan fingerprint density at radius 3 is 2.24 bits per heavy atom. The van der Waals surface area contributed by atoms with Gasteiger partial charge >= 0.3 is 12.4 Å². The summed E-state index contributed by atoms with van der Waals surface area (Å²) in [6, 6.07) is 0.710. The SMILES string of the molecule is CCc1c(-c2nc3cc(C(F)(F)F)cnc3s2)ncc(C(F)(F)F)c1S(=O)(=O)O. The Labute approximate surface area is 163 Å². The van der Waals surface area contributed by atoms with Gasteiger partial charge in [-0.2, -0.15) is 34.8 Å². The fourth-order valence-electron chi connectivity index (χ4n) is 2.62. The first-order valence-electron chi connectivity index (χ1n) is 7.64. The van der Waals surface area contributed by atoms with Gasteiger partial charge < -0.3 is 0 Å². The van der Waals surface area contributed by atoms with E-state index in [4.69, 9.17) is 0 Å². The number of thiazole rings is 1. The third-order valence-electron chi connectivity index (χ3n) is 3.82. The monoisotopic (exact) mass is 457 g/mol. The van der Waals surface area contributed by atoms with Crippen molar-refractivity contribution in [1.29, 1.82) is 0 Å². The predicted octanol–water partition coefficient (Wildman–Crippen LogP) is 4.60. The Morgan fingerprint density at radius 1 is 1.07 bits per heavy atom. The lowest BCUT2D eigenvalue weighted by molar-refractivity contribution is -0.140. The Hall–Kier alpha value is -2.32. The minimum Gasteiger partial charge on any atom is -0.282 e. The molecular weight excluding hydrogens is 448 g/mol. The van der Waals surface area contributed by atoms with Gasteiger partial charge in [-0.15, -0.1) is 0 Å². The Balaban J connectivity index is 2.29. The number of aromatic nitrogens is 3. The van der Waals surface area contributed by atoms with Crippen LogP contribution < -0.4 is 0 Å². The van der Waals surface area contributed by atoms with Crippen molar-refractivity contribution in [1.82, 2.24) is 15.0 Å². The zero-order valence-electron chi connectivity index (χ0n) is 14.1. The molecule has 0 aromatic carbocycles. The molecule has 3 aromatic heterocycles. The molecule has 14 heteroatoms. The number of halogens is 6. The number of alkyl halides is 6. The maximum atomic E-state index is 13.2. The van der Waals surface area contributed by atoms with Crippen LogP contribution in [0.1, 0.15) is 23.6 Å². The molecule has 0 aliphatic carbocycles. The van der Waals surface area contributed by atoms with Gasteiger partial charge in [0, 0.05) is 18.0 Å². The maximum absolute atomic E-state index is 13.2. The van der Waals surface area contributed by atoms with Gasteiger partial charge in [-0.1, -0.05) is 18.3 Å². The zero-order valence-corrected chi connectivity index (χ0v) is 15.8. The topological polar surface area (TPSA) is 93.0 Å². The number of rotatable bonds is 3. The lowest BCUT2D eigenvalue weighted by Crippen LogP contribution is -2.17. The van der Waals surface area contributed by atoms with Crippen LogP contribution in [0.2, 0.25) is 0 Å². The van der Waals surface area contributed by atoms with Gasteiger partial charge in [-0.05, 0) is 12.5 Å². The molecular formula is C15H9F6N3O3S2. The second kappa shape index (κ2) is 6.88. The van der Waals surface area contributed by atoms with Crippen molar-refractivity contribution >= 4 is 31.8 Å². The maximum Gasteiger partial charge on any atom is 0.419 e.